The van der Waals surface area contributed by atoms with E-state index in [4.69, 9.17) is 4.74 Å². The highest BCUT2D eigenvalue weighted by atomic mass is 32.1. The van der Waals surface area contributed by atoms with Crippen LogP contribution in [-0.2, 0) is 0 Å². The Morgan fingerprint density at radius 3 is 3.05 bits per heavy atom. The standard InChI is InChI=1S/C15H14N4O2S/c1-9-7-22-14-13(9)16-8-17-15(14)19-18-6-10-3-4-11(20)12(5-10)21-2/h3-8,20H,1-2H3,(H,16,17,19)/b18-6+. The summed E-state index contributed by atoms with van der Waals surface area (Å²) in [6.45, 7) is 2.02. The number of aromatic hydroxyl groups is 1. The van der Waals surface area contributed by atoms with Gasteiger partial charge in [0.15, 0.2) is 17.3 Å². The number of rotatable bonds is 4. The molecule has 2 heterocycles. The highest BCUT2D eigenvalue weighted by molar-refractivity contribution is 7.18. The number of ether oxygens (including phenoxy) is 1. The fourth-order valence-corrected chi connectivity index (χ4v) is 2.93. The quantitative estimate of drug-likeness (QED) is 0.571. The van der Waals surface area contributed by atoms with E-state index in [-0.39, 0.29) is 5.75 Å². The number of nitrogens with one attached hydrogen (secondary N) is 1. The van der Waals surface area contributed by atoms with Crippen LogP contribution in [0.25, 0.3) is 10.2 Å². The van der Waals surface area contributed by atoms with Gasteiger partial charge >= 0.3 is 0 Å². The first-order chi connectivity index (χ1) is 10.7. The summed E-state index contributed by atoms with van der Waals surface area (Å²) in [5, 5.41) is 15.8. The predicted octanol–water partition coefficient (Wildman–Crippen LogP) is 3.16. The number of phenols is 1. The van der Waals surface area contributed by atoms with E-state index in [0.717, 1.165) is 21.3 Å². The molecule has 112 valence electrons. The number of fused-ring (bicyclic) bond motifs is 1. The second-order valence-corrected chi connectivity index (χ2v) is 5.50. The number of hydrogen-bond donors (Lipinski definition) is 2. The SMILES string of the molecule is COc1cc(/C=N/Nc2ncnc3c(C)csc23)ccc1O. The Balaban J connectivity index is 1.82. The van der Waals surface area contributed by atoms with E-state index in [1.807, 2.05) is 12.3 Å². The summed E-state index contributed by atoms with van der Waals surface area (Å²) < 4.78 is 6.03. The summed E-state index contributed by atoms with van der Waals surface area (Å²) >= 11 is 1.58. The summed E-state index contributed by atoms with van der Waals surface area (Å²) in [6.07, 6.45) is 3.15. The molecule has 0 saturated carbocycles. The van der Waals surface area contributed by atoms with Gasteiger partial charge in [0.25, 0.3) is 0 Å². The Labute approximate surface area is 131 Å². The van der Waals surface area contributed by atoms with Gasteiger partial charge in [-0.25, -0.2) is 9.97 Å². The Bertz CT molecular complexity index is 845. The molecule has 2 aromatic heterocycles. The van der Waals surface area contributed by atoms with Crippen molar-refractivity contribution in [2.45, 2.75) is 6.92 Å². The Kier molecular flexibility index (Phi) is 3.88. The van der Waals surface area contributed by atoms with Gasteiger partial charge in [-0.2, -0.15) is 5.10 Å². The van der Waals surface area contributed by atoms with E-state index in [2.05, 4.69) is 20.5 Å². The van der Waals surface area contributed by atoms with Gasteiger partial charge in [-0.1, -0.05) is 0 Å². The zero-order valence-corrected chi connectivity index (χ0v) is 12.9. The molecule has 7 heteroatoms. The molecule has 1 aromatic carbocycles. The Morgan fingerprint density at radius 2 is 2.23 bits per heavy atom. The van der Waals surface area contributed by atoms with Crippen molar-refractivity contribution in [2.24, 2.45) is 5.10 Å². The first-order valence-electron chi connectivity index (χ1n) is 6.54. The molecule has 0 amide bonds. The van der Waals surface area contributed by atoms with Crippen LogP contribution in [0.15, 0.2) is 35.0 Å². The number of anilines is 1. The molecule has 22 heavy (non-hydrogen) atoms. The van der Waals surface area contributed by atoms with Gasteiger partial charge in [-0.15, -0.1) is 11.3 Å². The zero-order chi connectivity index (χ0) is 15.5. The molecule has 3 aromatic rings. The summed E-state index contributed by atoms with van der Waals surface area (Å²) in [5.74, 6) is 1.17. The zero-order valence-electron chi connectivity index (χ0n) is 12.1. The number of thiophene rings is 1. The molecular formula is C15H14N4O2S. The molecule has 0 atom stereocenters. The maximum absolute atomic E-state index is 9.56. The minimum absolute atomic E-state index is 0.0965. The fraction of sp³-hybridized carbons (Fsp3) is 0.133. The van der Waals surface area contributed by atoms with Crippen LogP contribution in [0.2, 0.25) is 0 Å². The molecule has 0 fully saturated rings. The van der Waals surface area contributed by atoms with Crippen LogP contribution in [0, 0.1) is 6.92 Å². The number of hydrogen-bond acceptors (Lipinski definition) is 7. The van der Waals surface area contributed by atoms with E-state index in [1.54, 1.807) is 35.8 Å². The van der Waals surface area contributed by atoms with Crippen LogP contribution in [0.4, 0.5) is 5.82 Å². The largest absolute Gasteiger partial charge is 0.504 e. The molecule has 0 bridgehead atoms. The van der Waals surface area contributed by atoms with Gasteiger partial charge in [-0.3, -0.25) is 5.43 Å². The normalized spacial score (nSPS) is 11.2. The predicted molar refractivity (Wildman–Crippen MR) is 88.0 cm³/mol. The van der Waals surface area contributed by atoms with Crippen LogP contribution in [0.1, 0.15) is 11.1 Å². The highest BCUT2D eigenvalue weighted by Gasteiger charge is 2.07. The summed E-state index contributed by atoms with van der Waals surface area (Å²) in [7, 11) is 1.50. The molecule has 0 spiro atoms. The van der Waals surface area contributed by atoms with Gasteiger partial charge in [0.2, 0.25) is 0 Å². The van der Waals surface area contributed by atoms with Gasteiger partial charge < -0.3 is 9.84 Å². The van der Waals surface area contributed by atoms with Gasteiger partial charge in [-0.05, 0) is 41.6 Å². The lowest BCUT2D eigenvalue weighted by Gasteiger charge is -2.04. The van der Waals surface area contributed by atoms with Crippen molar-refractivity contribution in [3.05, 3.63) is 41.0 Å². The lowest BCUT2D eigenvalue weighted by molar-refractivity contribution is 0.373. The van der Waals surface area contributed by atoms with Gasteiger partial charge in [0, 0.05) is 0 Å². The van der Waals surface area contributed by atoms with E-state index in [0.29, 0.717) is 11.6 Å². The van der Waals surface area contributed by atoms with Crippen molar-refractivity contribution in [3.8, 4) is 11.5 Å². The van der Waals surface area contributed by atoms with Crippen molar-refractivity contribution >= 4 is 33.6 Å². The first kappa shape index (κ1) is 14.3. The summed E-state index contributed by atoms with van der Waals surface area (Å²) in [4.78, 5) is 8.47. The number of hydrazone groups is 1. The van der Waals surface area contributed by atoms with Crippen molar-refractivity contribution in [3.63, 3.8) is 0 Å². The molecule has 0 aliphatic heterocycles. The number of benzene rings is 1. The average Bonchev–Trinajstić information content (AvgIpc) is 2.91. The van der Waals surface area contributed by atoms with Gasteiger partial charge in [0.1, 0.15) is 6.33 Å². The number of nitrogens with zero attached hydrogens (tertiary/aromatic N) is 3. The minimum atomic E-state index is 0.0965. The Morgan fingerprint density at radius 1 is 1.36 bits per heavy atom. The third-order valence-electron chi connectivity index (χ3n) is 3.12. The molecule has 0 aliphatic rings. The molecule has 0 unspecified atom stereocenters. The van der Waals surface area contributed by atoms with Crippen LogP contribution >= 0.6 is 11.3 Å². The van der Waals surface area contributed by atoms with Crippen LogP contribution in [-0.4, -0.2) is 28.4 Å². The molecule has 0 aliphatic carbocycles. The van der Waals surface area contributed by atoms with E-state index in [9.17, 15) is 5.11 Å². The Hall–Kier alpha value is -2.67. The number of phenolic OH excluding ortho intramolecular Hbond substituents is 1. The van der Waals surface area contributed by atoms with E-state index >= 15 is 0 Å². The topological polar surface area (TPSA) is 79.6 Å². The van der Waals surface area contributed by atoms with E-state index < -0.39 is 0 Å². The van der Waals surface area contributed by atoms with Gasteiger partial charge in [0.05, 0.1) is 23.5 Å². The number of methoxy groups -OCH3 is 1. The van der Waals surface area contributed by atoms with Crippen molar-refractivity contribution in [2.75, 3.05) is 12.5 Å². The van der Waals surface area contributed by atoms with Crippen LogP contribution in [0.3, 0.4) is 0 Å². The fourth-order valence-electron chi connectivity index (χ4n) is 1.99. The second kappa shape index (κ2) is 5.98. The number of aromatic nitrogens is 2. The molecule has 0 saturated heterocycles. The average molecular weight is 314 g/mol. The van der Waals surface area contributed by atoms with Crippen molar-refractivity contribution in [1.82, 2.24) is 9.97 Å². The van der Waals surface area contributed by atoms with Crippen LogP contribution in [0.5, 0.6) is 11.5 Å². The summed E-state index contributed by atoms with van der Waals surface area (Å²) in [5.41, 5.74) is 5.78. The van der Waals surface area contributed by atoms with Crippen LogP contribution < -0.4 is 10.2 Å². The minimum Gasteiger partial charge on any atom is -0.504 e. The lowest BCUT2D eigenvalue weighted by atomic mass is 10.2. The van der Waals surface area contributed by atoms with Crippen molar-refractivity contribution in [1.29, 1.82) is 0 Å². The van der Waals surface area contributed by atoms with E-state index in [1.165, 1.54) is 13.4 Å². The monoisotopic (exact) mass is 314 g/mol. The molecule has 2 N–H and O–H groups in total. The molecule has 3 rings (SSSR count). The number of aryl methyl sites for hydroxylation is 1. The summed E-state index contributed by atoms with van der Waals surface area (Å²) in [6, 6.07) is 5.00. The third-order valence-corrected chi connectivity index (χ3v) is 4.21. The van der Waals surface area contributed by atoms with Crippen molar-refractivity contribution < 1.29 is 9.84 Å². The highest BCUT2D eigenvalue weighted by Crippen LogP contribution is 2.28. The maximum atomic E-state index is 9.56. The molecular weight excluding hydrogens is 300 g/mol. The first-order valence-corrected chi connectivity index (χ1v) is 7.42. The molecule has 6 nitrogen and oxygen atoms in total. The second-order valence-electron chi connectivity index (χ2n) is 4.62. The maximum Gasteiger partial charge on any atom is 0.167 e. The smallest absolute Gasteiger partial charge is 0.167 e. The molecule has 0 radical (unpaired) electrons. The third kappa shape index (κ3) is 2.71. The lowest BCUT2D eigenvalue weighted by Crippen LogP contribution is -1.95.